The molecule has 140 valence electrons. The van der Waals surface area contributed by atoms with Crippen LogP contribution in [0.5, 0.6) is 0 Å². The van der Waals surface area contributed by atoms with Gasteiger partial charge in [-0.25, -0.2) is 9.97 Å². The summed E-state index contributed by atoms with van der Waals surface area (Å²) >= 11 is 0. The number of hydrogen-bond acceptors (Lipinski definition) is 3. The van der Waals surface area contributed by atoms with Crippen molar-refractivity contribution in [3.8, 4) is 5.69 Å². The first kappa shape index (κ1) is 17.7. The predicted molar refractivity (Wildman–Crippen MR) is 107 cm³/mol. The molecular formula is C22H21N5O. The van der Waals surface area contributed by atoms with E-state index in [9.17, 15) is 4.79 Å². The second-order valence-corrected chi connectivity index (χ2v) is 6.54. The number of aryl methyl sites for hydroxylation is 1. The van der Waals surface area contributed by atoms with Crippen molar-refractivity contribution in [1.29, 1.82) is 0 Å². The van der Waals surface area contributed by atoms with Crippen LogP contribution in [0.4, 0.5) is 0 Å². The number of nitrogens with zero attached hydrogens (tertiary/aromatic N) is 4. The lowest BCUT2D eigenvalue weighted by Crippen LogP contribution is -2.29. The van der Waals surface area contributed by atoms with Crippen LogP contribution >= 0.6 is 0 Å². The summed E-state index contributed by atoms with van der Waals surface area (Å²) in [5.74, 6) is -0.0864. The first-order valence-corrected chi connectivity index (χ1v) is 9.19. The van der Waals surface area contributed by atoms with E-state index < -0.39 is 0 Å². The van der Waals surface area contributed by atoms with Crippen LogP contribution in [-0.2, 0) is 6.54 Å². The van der Waals surface area contributed by atoms with Crippen LogP contribution in [0.25, 0.3) is 5.69 Å². The van der Waals surface area contributed by atoms with Crippen molar-refractivity contribution in [2.24, 2.45) is 0 Å². The molecule has 0 bridgehead atoms. The average Bonchev–Trinajstić information content (AvgIpc) is 3.46. The number of hydrogen-bond donors (Lipinski definition) is 1. The summed E-state index contributed by atoms with van der Waals surface area (Å²) in [6.45, 7) is 0.777. The zero-order valence-corrected chi connectivity index (χ0v) is 15.3. The lowest BCUT2D eigenvalue weighted by molar-refractivity contribution is 0.0933. The van der Waals surface area contributed by atoms with Gasteiger partial charge in [0.1, 0.15) is 0 Å². The van der Waals surface area contributed by atoms with Crippen LogP contribution in [0.3, 0.4) is 0 Å². The molecule has 0 aliphatic rings. The van der Waals surface area contributed by atoms with Gasteiger partial charge in [0.2, 0.25) is 0 Å². The molecule has 28 heavy (non-hydrogen) atoms. The normalized spacial score (nSPS) is 11.9. The molecule has 2 aromatic carbocycles. The van der Waals surface area contributed by atoms with E-state index >= 15 is 0 Å². The molecule has 1 unspecified atom stereocenters. The van der Waals surface area contributed by atoms with Gasteiger partial charge in [-0.3, -0.25) is 4.79 Å². The third-order valence-electron chi connectivity index (χ3n) is 4.67. The zero-order valence-electron chi connectivity index (χ0n) is 15.3. The lowest BCUT2D eigenvalue weighted by Gasteiger charge is -2.20. The minimum atomic E-state index is -0.0864. The standard InChI is InChI=1S/C22H21N5O/c28-22(19-6-8-20(9-7-19)27-15-12-24-17-27)25-21(18-4-2-1-3-5-18)10-13-26-14-11-23-16-26/h1-9,11-12,14-17,21H,10,13H2,(H,25,28). The molecule has 0 saturated carbocycles. The summed E-state index contributed by atoms with van der Waals surface area (Å²) in [4.78, 5) is 21.0. The van der Waals surface area contributed by atoms with Crippen molar-refractivity contribution in [2.45, 2.75) is 19.0 Å². The monoisotopic (exact) mass is 371 g/mol. The molecule has 2 heterocycles. The molecule has 4 aromatic rings. The van der Waals surface area contributed by atoms with Crippen LogP contribution in [0.2, 0.25) is 0 Å². The summed E-state index contributed by atoms with van der Waals surface area (Å²) in [6, 6.07) is 17.5. The van der Waals surface area contributed by atoms with Gasteiger partial charge in [0.05, 0.1) is 18.7 Å². The van der Waals surface area contributed by atoms with Gasteiger partial charge in [-0.05, 0) is 36.2 Å². The third-order valence-corrected chi connectivity index (χ3v) is 4.67. The number of aromatic nitrogens is 4. The molecule has 0 aliphatic heterocycles. The smallest absolute Gasteiger partial charge is 0.251 e. The second-order valence-electron chi connectivity index (χ2n) is 6.54. The highest BCUT2D eigenvalue weighted by atomic mass is 16.1. The number of carbonyl (C=O) groups is 1. The number of nitrogens with one attached hydrogen (secondary N) is 1. The van der Waals surface area contributed by atoms with E-state index in [0.29, 0.717) is 5.56 Å². The minimum Gasteiger partial charge on any atom is -0.345 e. The maximum atomic E-state index is 12.8. The Kier molecular flexibility index (Phi) is 5.29. The number of amides is 1. The first-order chi connectivity index (χ1) is 13.8. The number of carbonyl (C=O) groups excluding carboxylic acids is 1. The highest BCUT2D eigenvalue weighted by Crippen LogP contribution is 2.19. The van der Waals surface area contributed by atoms with E-state index in [2.05, 4.69) is 15.3 Å². The molecule has 0 spiro atoms. The summed E-state index contributed by atoms with van der Waals surface area (Å²) in [6.07, 6.45) is 11.6. The Labute approximate surface area is 163 Å². The van der Waals surface area contributed by atoms with Crippen molar-refractivity contribution in [3.05, 3.63) is 103 Å². The third kappa shape index (κ3) is 4.17. The Bertz CT molecular complexity index is 993. The lowest BCUT2D eigenvalue weighted by atomic mass is 10.0. The van der Waals surface area contributed by atoms with E-state index in [0.717, 1.165) is 24.2 Å². The van der Waals surface area contributed by atoms with Crippen molar-refractivity contribution >= 4 is 5.91 Å². The Morgan fingerprint density at radius 2 is 1.68 bits per heavy atom. The Balaban J connectivity index is 1.48. The summed E-state index contributed by atoms with van der Waals surface area (Å²) in [7, 11) is 0. The van der Waals surface area contributed by atoms with Crippen molar-refractivity contribution in [1.82, 2.24) is 24.4 Å². The van der Waals surface area contributed by atoms with Crippen molar-refractivity contribution in [2.75, 3.05) is 0 Å². The van der Waals surface area contributed by atoms with E-state index in [1.165, 1.54) is 0 Å². The van der Waals surface area contributed by atoms with Crippen LogP contribution in [-0.4, -0.2) is 25.0 Å². The quantitative estimate of drug-likeness (QED) is 0.539. The van der Waals surface area contributed by atoms with Crippen LogP contribution in [0, 0.1) is 0 Å². The van der Waals surface area contributed by atoms with Gasteiger partial charge in [0, 0.05) is 42.6 Å². The van der Waals surface area contributed by atoms with Crippen molar-refractivity contribution < 1.29 is 4.79 Å². The number of imidazole rings is 2. The average molecular weight is 371 g/mol. The fourth-order valence-corrected chi connectivity index (χ4v) is 3.14. The first-order valence-electron chi connectivity index (χ1n) is 9.19. The molecular weight excluding hydrogens is 350 g/mol. The topological polar surface area (TPSA) is 64.7 Å². The van der Waals surface area contributed by atoms with E-state index in [1.54, 1.807) is 25.0 Å². The maximum absolute atomic E-state index is 12.8. The van der Waals surface area contributed by atoms with Gasteiger partial charge in [-0.1, -0.05) is 30.3 Å². The van der Waals surface area contributed by atoms with Gasteiger partial charge in [-0.15, -0.1) is 0 Å². The maximum Gasteiger partial charge on any atom is 0.251 e. The Morgan fingerprint density at radius 3 is 2.36 bits per heavy atom. The highest BCUT2D eigenvalue weighted by Gasteiger charge is 2.16. The summed E-state index contributed by atoms with van der Waals surface area (Å²) in [5.41, 5.74) is 2.69. The second kappa shape index (κ2) is 8.35. The van der Waals surface area contributed by atoms with E-state index in [4.69, 9.17) is 0 Å². The van der Waals surface area contributed by atoms with Gasteiger partial charge in [0.15, 0.2) is 0 Å². The van der Waals surface area contributed by atoms with Crippen LogP contribution in [0.1, 0.15) is 28.4 Å². The molecule has 6 nitrogen and oxygen atoms in total. The van der Waals surface area contributed by atoms with Gasteiger partial charge >= 0.3 is 0 Å². The molecule has 0 fully saturated rings. The van der Waals surface area contributed by atoms with Crippen LogP contribution < -0.4 is 5.32 Å². The van der Waals surface area contributed by atoms with Gasteiger partial charge in [0.25, 0.3) is 5.91 Å². The molecule has 0 radical (unpaired) electrons. The molecule has 6 heteroatoms. The molecule has 0 aliphatic carbocycles. The van der Waals surface area contributed by atoms with Gasteiger partial charge in [-0.2, -0.15) is 0 Å². The van der Waals surface area contributed by atoms with E-state index in [1.807, 2.05) is 76.1 Å². The molecule has 1 amide bonds. The predicted octanol–water partition coefficient (Wildman–Crippen LogP) is 3.63. The molecule has 4 rings (SSSR count). The molecule has 0 saturated heterocycles. The van der Waals surface area contributed by atoms with Crippen molar-refractivity contribution in [3.63, 3.8) is 0 Å². The van der Waals surface area contributed by atoms with Crippen LogP contribution in [0.15, 0.2) is 92.0 Å². The van der Waals surface area contributed by atoms with E-state index in [-0.39, 0.29) is 11.9 Å². The molecule has 2 aromatic heterocycles. The SMILES string of the molecule is O=C(NC(CCn1ccnc1)c1ccccc1)c1ccc(-n2ccnc2)cc1. The minimum absolute atomic E-state index is 0.0792. The Morgan fingerprint density at radius 1 is 0.929 bits per heavy atom. The summed E-state index contributed by atoms with van der Waals surface area (Å²) < 4.78 is 3.92. The zero-order chi connectivity index (χ0) is 19.2. The molecule has 1 N–H and O–H groups in total. The largest absolute Gasteiger partial charge is 0.345 e. The number of benzene rings is 2. The van der Waals surface area contributed by atoms with Gasteiger partial charge < -0.3 is 14.5 Å². The summed E-state index contributed by atoms with van der Waals surface area (Å²) in [5, 5.41) is 3.17. The molecule has 1 atom stereocenters. The Hall–Kier alpha value is -3.67. The highest BCUT2D eigenvalue weighted by molar-refractivity contribution is 5.94. The fourth-order valence-electron chi connectivity index (χ4n) is 3.14. The number of rotatable bonds is 7. The fraction of sp³-hybridized carbons (Fsp3) is 0.136.